The normalized spacial score (nSPS) is 16.7. The van der Waals surface area contributed by atoms with Crippen LogP contribution < -0.4 is 10.2 Å². The number of hydrogen-bond acceptors (Lipinski definition) is 4. The van der Waals surface area contributed by atoms with Crippen molar-refractivity contribution >= 4 is 11.6 Å². The Morgan fingerprint density at radius 1 is 1.47 bits per heavy atom. The van der Waals surface area contributed by atoms with E-state index in [1.807, 2.05) is 13.1 Å². The highest BCUT2D eigenvalue weighted by Crippen LogP contribution is 2.36. The predicted molar refractivity (Wildman–Crippen MR) is 71.5 cm³/mol. The number of nitrogens with zero attached hydrogens (tertiary/aromatic N) is 3. The Balaban J connectivity index is 2.23. The Kier molecular flexibility index (Phi) is 3.50. The molecule has 1 N–H and O–H groups in total. The highest BCUT2D eigenvalue weighted by atomic mass is 15.2. The minimum absolute atomic E-state index is 0.569. The predicted octanol–water partition coefficient (Wildman–Crippen LogP) is 2.32. The van der Waals surface area contributed by atoms with Crippen LogP contribution in [0.25, 0.3) is 0 Å². The molecular formula is C13H22N4. The topological polar surface area (TPSA) is 41.1 Å². The van der Waals surface area contributed by atoms with E-state index < -0.39 is 0 Å². The summed E-state index contributed by atoms with van der Waals surface area (Å²) in [6.07, 6.45) is 3.58. The van der Waals surface area contributed by atoms with Gasteiger partial charge < -0.3 is 10.2 Å². The fourth-order valence-corrected chi connectivity index (χ4v) is 2.05. The van der Waals surface area contributed by atoms with E-state index in [1.165, 1.54) is 12.8 Å². The van der Waals surface area contributed by atoms with E-state index in [1.54, 1.807) is 0 Å². The van der Waals surface area contributed by atoms with Gasteiger partial charge in [-0.05, 0) is 25.7 Å². The SMILES string of the molecule is CCc1nc(NC)cc(N(C)C(C)C2CC2)n1. The molecule has 1 aromatic heterocycles. The molecule has 1 fully saturated rings. The van der Waals surface area contributed by atoms with E-state index in [0.29, 0.717) is 6.04 Å². The van der Waals surface area contributed by atoms with Gasteiger partial charge in [0.2, 0.25) is 0 Å². The molecule has 0 saturated heterocycles. The lowest BCUT2D eigenvalue weighted by Crippen LogP contribution is -2.31. The van der Waals surface area contributed by atoms with Crippen LogP contribution in [-0.2, 0) is 6.42 Å². The summed E-state index contributed by atoms with van der Waals surface area (Å²) in [6, 6.07) is 2.59. The molecule has 2 rings (SSSR count). The molecule has 0 amide bonds. The highest BCUT2D eigenvalue weighted by molar-refractivity contribution is 5.49. The van der Waals surface area contributed by atoms with Gasteiger partial charge in [0.25, 0.3) is 0 Å². The molecule has 0 spiro atoms. The Hall–Kier alpha value is -1.32. The molecule has 4 heteroatoms. The first-order valence-electron chi connectivity index (χ1n) is 6.44. The van der Waals surface area contributed by atoms with Crippen LogP contribution in [0, 0.1) is 5.92 Å². The van der Waals surface area contributed by atoms with Crippen molar-refractivity contribution in [2.45, 2.75) is 39.2 Å². The lowest BCUT2D eigenvalue weighted by atomic mass is 10.2. The maximum atomic E-state index is 4.61. The molecule has 0 radical (unpaired) electrons. The van der Waals surface area contributed by atoms with Gasteiger partial charge in [0.15, 0.2) is 0 Å². The lowest BCUT2D eigenvalue weighted by Gasteiger charge is -2.26. The van der Waals surface area contributed by atoms with Crippen LogP contribution in [0.2, 0.25) is 0 Å². The zero-order valence-corrected chi connectivity index (χ0v) is 11.2. The fourth-order valence-electron chi connectivity index (χ4n) is 2.05. The second-order valence-electron chi connectivity index (χ2n) is 4.82. The molecule has 1 aromatic rings. The number of rotatable bonds is 5. The van der Waals surface area contributed by atoms with E-state index in [2.05, 4.69) is 41.1 Å². The maximum Gasteiger partial charge on any atom is 0.134 e. The first kappa shape index (κ1) is 12.1. The molecule has 17 heavy (non-hydrogen) atoms. The van der Waals surface area contributed by atoms with Crippen LogP contribution in [0.3, 0.4) is 0 Å². The molecule has 1 saturated carbocycles. The van der Waals surface area contributed by atoms with Gasteiger partial charge in [-0.2, -0.15) is 0 Å². The average Bonchev–Trinajstić information content (AvgIpc) is 3.20. The van der Waals surface area contributed by atoms with Gasteiger partial charge in [-0.25, -0.2) is 9.97 Å². The molecule has 0 aliphatic heterocycles. The molecule has 1 unspecified atom stereocenters. The number of aryl methyl sites for hydroxylation is 1. The summed E-state index contributed by atoms with van der Waals surface area (Å²) < 4.78 is 0. The lowest BCUT2D eigenvalue weighted by molar-refractivity contribution is 0.602. The summed E-state index contributed by atoms with van der Waals surface area (Å²) in [5.74, 6) is 3.68. The van der Waals surface area contributed by atoms with Crippen molar-refractivity contribution in [1.82, 2.24) is 9.97 Å². The molecule has 1 heterocycles. The summed E-state index contributed by atoms with van der Waals surface area (Å²) in [5, 5.41) is 3.10. The van der Waals surface area contributed by atoms with E-state index >= 15 is 0 Å². The van der Waals surface area contributed by atoms with Crippen LogP contribution in [-0.4, -0.2) is 30.1 Å². The number of hydrogen-bond donors (Lipinski definition) is 1. The van der Waals surface area contributed by atoms with Crippen LogP contribution >= 0.6 is 0 Å². The van der Waals surface area contributed by atoms with Crippen LogP contribution in [0.1, 0.15) is 32.5 Å². The summed E-state index contributed by atoms with van der Waals surface area (Å²) in [4.78, 5) is 11.3. The van der Waals surface area contributed by atoms with Crippen LogP contribution in [0.4, 0.5) is 11.6 Å². The van der Waals surface area contributed by atoms with E-state index in [-0.39, 0.29) is 0 Å². The van der Waals surface area contributed by atoms with Crippen molar-refractivity contribution in [3.05, 3.63) is 11.9 Å². The zero-order chi connectivity index (χ0) is 12.4. The summed E-state index contributed by atoms with van der Waals surface area (Å²) in [7, 11) is 4.03. The largest absolute Gasteiger partial charge is 0.373 e. The summed E-state index contributed by atoms with van der Waals surface area (Å²) in [6.45, 7) is 4.37. The fraction of sp³-hybridized carbons (Fsp3) is 0.692. The third-order valence-electron chi connectivity index (χ3n) is 3.61. The zero-order valence-electron chi connectivity index (χ0n) is 11.2. The van der Waals surface area contributed by atoms with Gasteiger partial charge in [-0.1, -0.05) is 6.92 Å². The molecule has 1 aliphatic carbocycles. The van der Waals surface area contributed by atoms with Gasteiger partial charge in [-0.3, -0.25) is 0 Å². The minimum atomic E-state index is 0.569. The first-order valence-corrected chi connectivity index (χ1v) is 6.44. The Morgan fingerprint density at radius 3 is 2.71 bits per heavy atom. The highest BCUT2D eigenvalue weighted by Gasteiger charge is 2.31. The molecule has 94 valence electrons. The molecule has 1 aliphatic rings. The summed E-state index contributed by atoms with van der Waals surface area (Å²) >= 11 is 0. The molecule has 0 bridgehead atoms. The quantitative estimate of drug-likeness (QED) is 0.849. The standard InChI is InChI=1S/C13H22N4/c1-5-11-15-12(14-3)8-13(16-11)17(4)9(2)10-6-7-10/h8-10H,5-7H2,1-4H3,(H,14,15,16). The van der Waals surface area contributed by atoms with Gasteiger partial charge in [0.05, 0.1) is 0 Å². The van der Waals surface area contributed by atoms with Gasteiger partial charge in [0, 0.05) is 32.6 Å². The molecule has 4 nitrogen and oxygen atoms in total. The van der Waals surface area contributed by atoms with Crippen molar-refractivity contribution in [2.75, 3.05) is 24.3 Å². The van der Waals surface area contributed by atoms with Crippen molar-refractivity contribution in [1.29, 1.82) is 0 Å². The van der Waals surface area contributed by atoms with Gasteiger partial charge in [0.1, 0.15) is 17.5 Å². The smallest absolute Gasteiger partial charge is 0.134 e. The third-order valence-corrected chi connectivity index (χ3v) is 3.61. The van der Waals surface area contributed by atoms with E-state index in [9.17, 15) is 0 Å². The Morgan fingerprint density at radius 2 is 2.18 bits per heavy atom. The Labute approximate surface area is 103 Å². The summed E-state index contributed by atoms with van der Waals surface area (Å²) in [5.41, 5.74) is 0. The van der Waals surface area contributed by atoms with E-state index in [0.717, 1.165) is 29.8 Å². The van der Waals surface area contributed by atoms with Crippen LogP contribution in [0.15, 0.2) is 6.07 Å². The van der Waals surface area contributed by atoms with E-state index in [4.69, 9.17) is 0 Å². The second-order valence-corrected chi connectivity index (χ2v) is 4.82. The number of aromatic nitrogens is 2. The monoisotopic (exact) mass is 234 g/mol. The van der Waals surface area contributed by atoms with Crippen molar-refractivity contribution < 1.29 is 0 Å². The molecule has 0 aromatic carbocycles. The third kappa shape index (κ3) is 2.68. The van der Waals surface area contributed by atoms with Crippen molar-refractivity contribution in [3.8, 4) is 0 Å². The Bertz CT molecular complexity index is 365. The maximum absolute atomic E-state index is 4.61. The van der Waals surface area contributed by atoms with Crippen LogP contribution in [0.5, 0.6) is 0 Å². The van der Waals surface area contributed by atoms with Gasteiger partial charge >= 0.3 is 0 Å². The average molecular weight is 234 g/mol. The van der Waals surface area contributed by atoms with Crippen molar-refractivity contribution in [2.24, 2.45) is 5.92 Å². The molecular weight excluding hydrogens is 212 g/mol. The first-order chi connectivity index (χ1) is 8.15. The minimum Gasteiger partial charge on any atom is -0.373 e. The number of nitrogens with one attached hydrogen (secondary N) is 1. The van der Waals surface area contributed by atoms with Crippen molar-refractivity contribution in [3.63, 3.8) is 0 Å². The second kappa shape index (κ2) is 4.90. The number of anilines is 2. The molecule has 1 atom stereocenters. The van der Waals surface area contributed by atoms with Gasteiger partial charge in [-0.15, -0.1) is 0 Å².